The van der Waals surface area contributed by atoms with Gasteiger partial charge in [-0.05, 0) is 117 Å². The summed E-state index contributed by atoms with van der Waals surface area (Å²) in [7, 11) is 1.00. The molecule has 0 radical (unpaired) electrons. The van der Waals surface area contributed by atoms with Gasteiger partial charge in [0, 0.05) is 64.1 Å². The Hall–Kier alpha value is -2.61. The third-order valence-electron chi connectivity index (χ3n) is 9.13. The highest BCUT2D eigenvalue weighted by atomic mass is 127. The number of halogens is 2. The first-order valence-corrected chi connectivity index (χ1v) is 19.1. The molecule has 1 atom stereocenters. The summed E-state index contributed by atoms with van der Waals surface area (Å²) >= 11 is 4.71. The maximum absolute atomic E-state index is 12.7. The van der Waals surface area contributed by atoms with E-state index in [1.165, 1.54) is 56.8 Å². The third-order valence-corrected chi connectivity index (χ3v) is 11.0. The Balaban J connectivity index is 0.000000206. The van der Waals surface area contributed by atoms with Crippen molar-refractivity contribution in [1.29, 1.82) is 0 Å². The van der Waals surface area contributed by atoms with E-state index in [-0.39, 0.29) is 12.0 Å². The fraction of sp³-hybridized carbons (Fsp3) is 0.410. The number of aromatic nitrogens is 4. The van der Waals surface area contributed by atoms with Crippen LogP contribution in [0.5, 0.6) is 0 Å². The predicted molar refractivity (Wildman–Crippen MR) is 212 cm³/mol. The number of hydrogen-bond donors (Lipinski definition) is 2. The summed E-state index contributed by atoms with van der Waals surface area (Å²) in [5, 5.41) is 17.8. The van der Waals surface area contributed by atoms with E-state index in [0.29, 0.717) is 24.7 Å². The van der Waals surface area contributed by atoms with Crippen molar-refractivity contribution in [1.82, 2.24) is 19.1 Å². The summed E-state index contributed by atoms with van der Waals surface area (Å²) in [6.07, 6.45) is 27.3. The zero-order chi connectivity index (χ0) is 34.1. The zero-order valence-corrected chi connectivity index (χ0v) is 32.1. The average Bonchev–Trinajstić information content (AvgIpc) is 3.85. The van der Waals surface area contributed by atoms with Crippen molar-refractivity contribution in [2.24, 2.45) is 11.8 Å². The number of benzene rings is 2. The number of imidazole rings is 2. The molecular weight excluding hydrogens is 826 g/mol. The molecule has 2 fully saturated rings. The highest BCUT2D eigenvalue weighted by molar-refractivity contribution is 14.1. The Kier molecular flexibility index (Phi) is 16.6. The quantitative estimate of drug-likeness (QED) is 0.123. The Morgan fingerprint density at radius 1 is 0.812 bits per heavy atom. The van der Waals surface area contributed by atoms with Crippen LogP contribution in [0.4, 0.5) is 0 Å². The number of allylic oxidation sites excluding steroid dienone is 2. The number of aliphatic hydroxyl groups is 2. The van der Waals surface area contributed by atoms with E-state index in [1.54, 1.807) is 25.0 Å². The lowest BCUT2D eigenvalue weighted by Gasteiger charge is -2.27. The van der Waals surface area contributed by atoms with E-state index in [0.717, 1.165) is 43.9 Å². The molecule has 7 nitrogen and oxygen atoms in total. The SMILES string of the molecule is CO.O=C(/C=C(\Cn1ccnc1)c1ccccc1I)C1CCCCC1.OC(C/C(=C/n1ccnc1)c1ccccc1I)C1CCCCC1. The van der Waals surface area contributed by atoms with Crippen LogP contribution in [-0.2, 0) is 11.3 Å². The Labute approximate surface area is 312 Å². The number of rotatable bonds is 10. The molecular formula is C39H48I2N4O3. The fourth-order valence-electron chi connectivity index (χ4n) is 6.57. The number of hydrogen-bond acceptors (Lipinski definition) is 5. The van der Waals surface area contributed by atoms with Gasteiger partial charge in [-0.3, -0.25) is 4.79 Å². The minimum absolute atomic E-state index is 0.211. The molecule has 0 spiro atoms. The Morgan fingerprint density at radius 2 is 1.38 bits per heavy atom. The molecule has 2 aliphatic rings. The van der Waals surface area contributed by atoms with Gasteiger partial charge in [0.25, 0.3) is 0 Å². The highest BCUT2D eigenvalue weighted by Crippen LogP contribution is 2.33. The molecule has 2 aromatic heterocycles. The van der Waals surface area contributed by atoms with E-state index in [4.69, 9.17) is 5.11 Å². The van der Waals surface area contributed by atoms with Crippen LogP contribution in [-0.4, -0.2) is 48.3 Å². The van der Waals surface area contributed by atoms with Gasteiger partial charge in [0.05, 0.1) is 18.8 Å². The average molecular weight is 875 g/mol. The summed E-state index contributed by atoms with van der Waals surface area (Å²) in [5.41, 5.74) is 4.59. The van der Waals surface area contributed by atoms with Crippen LogP contribution in [0.2, 0.25) is 0 Å². The minimum Gasteiger partial charge on any atom is -0.400 e. The van der Waals surface area contributed by atoms with Crippen LogP contribution >= 0.6 is 45.2 Å². The molecule has 2 heterocycles. The van der Waals surface area contributed by atoms with Crippen LogP contribution in [0, 0.1) is 19.0 Å². The van der Waals surface area contributed by atoms with Crippen molar-refractivity contribution < 1.29 is 15.0 Å². The van der Waals surface area contributed by atoms with Gasteiger partial charge in [-0.15, -0.1) is 0 Å². The van der Waals surface area contributed by atoms with Gasteiger partial charge in [0.15, 0.2) is 5.78 Å². The maximum Gasteiger partial charge on any atom is 0.159 e. The molecule has 4 aromatic rings. The van der Waals surface area contributed by atoms with Crippen molar-refractivity contribution in [3.63, 3.8) is 0 Å². The summed E-state index contributed by atoms with van der Waals surface area (Å²) in [6, 6.07) is 16.6. The zero-order valence-electron chi connectivity index (χ0n) is 27.8. The van der Waals surface area contributed by atoms with Gasteiger partial charge < -0.3 is 19.3 Å². The molecule has 0 aliphatic heterocycles. The lowest BCUT2D eigenvalue weighted by atomic mass is 9.82. The first kappa shape index (κ1) is 38.2. The largest absolute Gasteiger partial charge is 0.400 e. The Bertz CT molecular complexity index is 1570. The first-order valence-electron chi connectivity index (χ1n) is 17.0. The number of aliphatic hydroxyl groups excluding tert-OH is 2. The number of carbonyl (C=O) groups excluding carboxylic acids is 1. The molecule has 1 unspecified atom stereocenters. The molecule has 2 saturated carbocycles. The molecule has 2 aromatic carbocycles. The van der Waals surface area contributed by atoms with Crippen molar-refractivity contribution in [2.45, 2.75) is 83.3 Å². The summed E-state index contributed by atoms with van der Waals surface area (Å²) in [6.45, 7) is 0.679. The second-order valence-electron chi connectivity index (χ2n) is 12.4. The van der Waals surface area contributed by atoms with Gasteiger partial charge in [-0.2, -0.15) is 0 Å². The molecule has 0 saturated heterocycles. The molecule has 0 bridgehead atoms. The molecule has 9 heteroatoms. The van der Waals surface area contributed by atoms with Crippen molar-refractivity contribution in [3.05, 3.63) is 110 Å². The van der Waals surface area contributed by atoms with Gasteiger partial charge >= 0.3 is 0 Å². The number of nitrogens with zero attached hydrogens (tertiary/aromatic N) is 4. The lowest BCUT2D eigenvalue weighted by molar-refractivity contribution is -0.119. The van der Waals surface area contributed by atoms with Gasteiger partial charge in [-0.1, -0.05) is 74.9 Å². The summed E-state index contributed by atoms with van der Waals surface area (Å²) in [5.74, 6) is 0.943. The second-order valence-corrected chi connectivity index (χ2v) is 14.8. The van der Waals surface area contributed by atoms with Crippen LogP contribution in [0.1, 0.15) is 81.8 Å². The molecule has 6 rings (SSSR count). The van der Waals surface area contributed by atoms with Crippen molar-refractivity contribution >= 4 is 68.3 Å². The van der Waals surface area contributed by atoms with E-state index in [2.05, 4.69) is 97.7 Å². The standard InChI is InChI=1S/C19H23IN2O.C19H21IN2O.CH4O/c2*20-18-9-5-4-8-17(18)16(13-22-11-10-21-14-22)12-19(23)15-6-2-1-3-7-15;1-2/h4-5,8-11,13-15,19,23H,1-3,6-7,12H2;4-5,8-12,14-15H,1-3,6-7,13H2;2H,1H3/b16-13-;16-12+;. The molecule has 0 amide bonds. The second kappa shape index (κ2) is 20.8. The lowest BCUT2D eigenvalue weighted by Crippen LogP contribution is -2.23. The summed E-state index contributed by atoms with van der Waals surface area (Å²) in [4.78, 5) is 20.9. The molecule has 2 N–H and O–H groups in total. The predicted octanol–water partition coefficient (Wildman–Crippen LogP) is 9.15. The van der Waals surface area contributed by atoms with Crippen molar-refractivity contribution in [3.8, 4) is 0 Å². The van der Waals surface area contributed by atoms with Gasteiger partial charge in [-0.25, -0.2) is 9.97 Å². The molecule has 256 valence electrons. The van der Waals surface area contributed by atoms with Crippen LogP contribution in [0.25, 0.3) is 17.3 Å². The third kappa shape index (κ3) is 11.8. The fourth-order valence-corrected chi connectivity index (χ4v) is 8.04. The topological polar surface area (TPSA) is 93.2 Å². The van der Waals surface area contributed by atoms with E-state index in [1.807, 2.05) is 39.7 Å². The monoisotopic (exact) mass is 874 g/mol. The highest BCUT2D eigenvalue weighted by Gasteiger charge is 2.24. The van der Waals surface area contributed by atoms with Crippen LogP contribution in [0.15, 0.2) is 92.0 Å². The van der Waals surface area contributed by atoms with E-state index in [9.17, 15) is 9.90 Å². The smallest absolute Gasteiger partial charge is 0.159 e. The number of carbonyl (C=O) groups is 1. The van der Waals surface area contributed by atoms with Gasteiger partial charge in [0.1, 0.15) is 0 Å². The number of ketones is 1. The van der Waals surface area contributed by atoms with Gasteiger partial charge in [0.2, 0.25) is 0 Å². The van der Waals surface area contributed by atoms with E-state index >= 15 is 0 Å². The van der Waals surface area contributed by atoms with Crippen molar-refractivity contribution in [2.75, 3.05) is 7.11 Å². The molecule has 48 heavy (non-hydrogen) atoms. The normalized spacial score (nSPS) is 16.7. The van der Waals surface area contributed by atoms with Crippen LogP contribution in [0.3, 0.4) is 0 Å². The van der Waals surface area contributed by atoms with E-state index < -0.39 is 0 Å². The van der Waals surface area contributed by atoms with Crippen LogP contribution < -0.4 is 0 Å². The summed E-state index contributed by atoms with van der Waals surface area (Å²) < 4.78 is 6.37. The molecule has 2 aliphatic carbocycles. The minimum atomic E-state index is -0.263. The Morgan fingerprint density at radius 3 is 1.94 bits per heavy atom. The first-order chi connectivity index (χ1) is 23.5. The maximum atomic E-state index is 12.7.